The van der Waals surface area contributed by atoms with Crippen LogP contribution in [0.25, 0.3) is 0 Å². The van der Waals surface area contributed by atoms with E-state index in [2.05, 4.69) is 5.32 Å². The maximum Gasteiger partial charge on any atom is 0.410 e. The van der Waals surface area contributed by atoms with Gasteiger partial charge in [0.2, 0.25) is 0 Å². The summed E-state index contributed by atoms with van der Waals surface area (Å²) >= 11 is 0. The number of benzene rings is 1. The van der Waals surface area contributed by atoms with Crippen LogP contribution >= 0.6 is 0 Å². The number of rotatable bonds is 5. The lowest BCUT2D eigenvalue weighted by Crippen LogP contribution is -2.35. The zero-order chi connectivity index (χ0) is 20.2. The van der Waals surface area contributed by atoms with Crippen LogP contribution in [0.4, 0.5) is 16.2 Å². The number of carbonyl (C=O) groups excluding carboxylic acids is 2. The largest absolute Gasteiger partial charge is 0.494 e. The number of ether oxygens (including phenoxy) is 3. The fourth-order valence-corrected chi connectivity index (χ4v) is 2.96. The Morgan fingerprint density at radius 3 is 2.59 bits per heavy atom. The lowest BCUT2D eigenvalue weighted by molar-refractivity contribution is 0.0289. The van der Waals surface area contributed by atoms with Crippen LogP contribution in [0.15, 0.2) is 12.1 Å². The Bertz CT molecular complexity index is 699. The number of amides is 1. The first-order valence-corrected chi connectivity index (χ1v) is 8.92. The van der Waals surface area contributed by atoms with Gasteiger partial charge in [0.05, 0.1) is 25.5 Å². The van der Waals surface area contributed by atoms with E-state index in [1.54, 1.807) is 17.0 Å². The number of nitrogens with zero attached hydrogens (tertiary/aromatic N) is 1. The van der Waals surface area contributed by atoms with Gasteiger partial charge < -0.3 is 30.2 Å². The van der Waals surface area contributed by atoms with Crippen LogP contribution in [-0.4, -0.2) is 56.4 Å². The summed E-state index contributed by atoms with van der Waals surface area (Å²) in [5, 5.41) is 3.29. The lowest BCUT2D eigenvalue weighted by Gasteiger charge is -2.24. The first kappa shape index (κ1) is 20.7. The van der Waals surface area contributed by atoms with Crippen molar-refractivity contribution in [2.45, 2.75) is 32.8 Å². The summed E-state index contributed by atoms with van der Waals surface area (Å²) < 4.78 is 15.5. The molecule has 2 rings (SSSR count). The Balaban J connectivity index is 1.99. The second-order valence-corrected chi connectivity index (χ2v) is 7.60. The fraction of sp³-hybridized carbons (Fsp3) is 0.579. The maximum absolute atomic E-state index is 12.2. The molecule has 1 aliphatic heterocycles. The van der Waals surface area contributed by atoms with Crippen molar-refractivity contribution < 1.29 is 23.8 Å². The van der Waals surface area contributed by atoms with Gasteiger partial charge in [0.25, 0.3) is 0 Å². The normalized spacial score (nSPS) is 16.8. The molecule has 0 spiro atoms. The SMILES string of the molecule is COC(=O)c1cc(N)c(NCC2CCN(C(=O)OC(C)(C)C)C2)c(OC)c1. The first-order valence-electron chi connectivity index (χ1n) is 8.92. The van der Waals surface area contributed by atoms with Gasteiger partial charge in [0, 0.05) is 19.6 Å². The predicted octanol–water partition coefficient (Wildman–Crippen LogP) is 2.73. The van der Waals surface area contributed by atoms with E-state index in [4.69, 9.17) is 19.9 Å². The number of carbonyl (C=O) groups is 2. The minimum Gasteiger partial charge on any atom is -0.494 e. The van der Waals surface area contributed by atoms with E-state index in [-0.39, 0.29) is 12.0 Å². The molecule has 1 saturated heterocycles. The van der Waals surface area contributed by atoms with E-state index in [1.165, 1.54) is 14.2 Å². The zero-order valence-corrected chi connectivity index (χ0v) is 16.6. The molecule has 1 fully saturated rings. The molecule has 1 heterocycles. The minimum atomic E-state index is -0.503. The third kappa shape index (κ3) is 5.42. The van der Waals surface area contributed by atoms with Gasteiger partial charge in [-0.3, -0.25) is 0 Å². The lowest BCUT2D eigenvalue weighted by atomic mass is 10.1. The first-order chi connectivity index (χ1) is 12.6. The summed E-state index contributed by atoms with van der Waals surface area (Å²) in [5.74, 6) is 0.259. The van der Waals surface area contributed by atoms with Gasteiger partial charge >= 0.3 is 12.1 Å². The molecular formula is C19H29N3O5. The van der Waals surface area contributed by atoms with Crippen LogP contribution < -0.4 is 15.8 Å². The molecular weight excluding hydrogens is 350 g/mol. The van der Waals surface area contributed by atoms with Crippen LogP contribution in [0.5, 0.6) is 5.75 Å². The van der Waals surface area contributed by atoms with Crippen LogP contribution in [-0.2, 0) is 9.47 Å². The summed E-state index contributed by atoms with van der Waals surface area (Å²) in [5.41, 5.74) is 6.94. The van der Waals surface area contributed by atoms with E-state index >= 15 is 0 Å². The Morgan fingerprint density at radius 1 is 1.30 bits per heavy atom. The van der Waals surface area contributed by atoms with E-state index in [1.807, 2.05) is 20.8 Å². The van der Waals surface area contributed by atoms with Gasteiger partial charge in [0.15, 0.2) is 0 Å². The van der Waals surface area contributed by atoms with E-state index < -0.39 is 11.6 Å². The third-order valence-corrected chi connectivity index (χ3v) is 4.28. The van der Waals surface area contributed by atoms with Crippen molar-refractivity contribution in [1.82, 2.24) is 4.90 Å². The average Bonchev–Trinajstić information content (AvgIpc) is 3.07. The number of anilines is 2. The highest BCUT2D eigenvalue weighted by molar-refractivity contribution is 5.93. The standard InChI is InChI=1S/C19H29N3O5/c1-19(2,3)27-18(24)22-7-6-12(11-22)10-21-16-14(20)8-13(17(23)26-5)9-15(16)25-4/h8-9,12,21H,6-7,10-11,20H2,1-5H3. The third-order valence-electron chi connectivity index (χ3n) is 4.28. The molecule has 1 atom stereocenters. The van der Waals surface area contributed by atoms with Gasteiger partial charge in [-0.25, -0.2) is 9.59 Å². The molecule has 150 valence electrons. The Hall–Kier alpha value is -2.64. The molecule has 1 aromatic rings. The molecule has 8 nitrogen and oxygen atoms in total. The van der Waals surface area contributed by atoms with Gasteiger partial charge in [-0.2, -0.15) is 0 Å². The van der Waals surface area contributed by atoms with Crippen molar-refractivity contribution in [3.05, 3.63) is 17.7 Å². The smallest absolute Gasteiger partial charge is 0.410 e. The van der Waals surface area contributed by atoms with Crippen LogP contribution in [0.1, 0.15) is 37.6 Å². The quantitative estimate of drug-likeness (QED) is 0.599. The van der Waals surface area contributed by atoms with Crippen molar-refractivity contribution in [2.24, 2.45) is 5.92 Å². The van der Waals surface area contributed by atoms with Gasteiger partial charge in [-0.1, -0.05) is 0 Å². The number of esters is 1. The molecule has 8 heteroatoms. The molecule has 3 N–H and O–H groups in total. The number of likely N-dealkylation sites (tertiary alicyclic amines) is 1. The Kier molecular flexibility index (Phi) is 6.41. The van der Waals surface area contributed by atoms with Crippen LogP contribution in [0.3, 0.4) is 0 Å². The van der Waals surface area contributed by atoms with Crippen molar-refractivity contribution in [3.8, 4) is 5.75 Å². The minimum absolute atomic E-state index is 0.266. The number of hydrogen-bond acceptors (Lipinski definition) is 7. The molecule has 1 aromatic carbocycles. The second-order valence-electron chi connectivity index (χ2n) is 7.60. The highest BCUT2D eigenvalue weighted by atomic mass is 16.6. The van der Waals surface area contributed by atoms with E-state index in [0.717, 1.165) is 6.42 Å². The van der Waals surface area contributed by atoms with Gasteiger partial charge in [-0.05, 0) is 45.2 Å². The second kappa shape index (κ2) is 8.37. The van der Waals surface area contributed by atoms with Gasteiger partial charge in [0.1, 0.15) is 17.0 Å². The monoisotopic (exact) mass is 379 g/mol. The van der Waals surface area contributed by atoms with Crippen LogP contribution in [0.2, 0.25) is 0 Å². The van der Waals surface area contributed by atoms with Gasteiger partial charge in [-0.15, -0.1) is 0 Å². The summed E-state index contributed by atoms with van der Waals surface area (Å²) in [4.78, 5) is 25.6. The molecule has 0 bridgehead atoms. The number of nitrogens with one attached hydrogen (secondary N) is 1. The van der Waals surface area contributed by atoms with E-state index in [9.17, 15) is 9.59 Å². The number of methoxy groups -OCH3 is 2. The summed E-state index contributed by atoms with van der Waals surface area (Å²) in [6.07, 6.45) is 0.582. The van der Waals surface area contributed by atoms with Crippen molar-refractivity contribution >= 4 is 23.4 Å². The maximum atomic E-state index is 12.2. The van der Waals surface area contributed by atoms with E-state index in [0.29, 0.717) is 42.3 Å². The number of nitrogens with two attached hydrogens (primary N) is 1. The summed E-state index contributed by atoms with van der Waals surface area (Å²) in [6, 6.07) is 3.14. The molecule has 0 saturated carbocycles. The number of hydrogen-bond donors (Lipinski definition) is 2. The average molecular weight is 379 g/mol. The van der Waals surface area contributed by atoms with Crippen molar-refractivity contribution in [3.63, 3.8) is 0 Å². The zero-order valence-electron chi connectivity index (χ0n) is 16.6. The highest BCUT2D eigenvalue weighted by Crippen LogP contribution is 2.33. The molecule has 0 aliphatic carbocycles. The predicted molar refractivity (Wildman–Crippen MR) is 103 cm³/mol. The molecule has 1 unspecified atom stereocenters. The Morgan fingerprint density at radius 2 is 2.00 bits per heavy atom. The number of nitrogen functional groups attached to an aromatic ring is 1. The summed E-state index contributed by atoms with van der Waals surface area (Å²) in [7, 11) is 2.83. The van der Waals surface area contributed by atoms with Crippen molar-refractivity contribution in [1.29, 1.82) is 0 Å². The topological polar surface area (TPSA) is 103 Å². The highest BCUT2D eigenvalue weighted by Gasteiger charge is 2.30. The molecule has 0 radical (unpaired) electrons. The molecule has 27 heavy (non-hydrogen) atoms. The molecule has 1 amide bonds. The Labute approximate surface area is 159 Å². The van der Waals surface area contributed by atoms with Crippen molar-refractivity contribution in [2.75, 3.05) is 44.9 Å². The summed E-state index contributed by atoms with van der Waals surface area (Å²) in [6.45, 7) is 7.46. The fourth-order valence-electron chi connectivity index (χ4n) is 2.96. The molecule has 1 aliphatic rings. The van der Waals surface area contributed by atoms with Crippen LogP contribution in [0, 0.1) is 5.92 Å². The molecule has 0 aromatic heterocycles.